The minimum atomic E-state index is -0.971. The van der Waals surface area contributed by atoms with Gasteiger partial charge >= 0.3 is 0 Å². The molecule has 144 valence electrons. The van der Waals surface area contributed by atoms with E-state index in [0.717, 1.165) is 10.5 Å². The Morgan fingerprint density at radius 3 is 2.64 bits per heavy atom. The van der Waals surface area contributed by atoms with Crippen molar-refractivity contribution in [3.05, 3.63) is 59.4 Å². The van der Waals surface area contributed by atoms with Crippen LogP contribution in [0.3, 0.4) is 0 Å². The molecule has 0 aliphatic carbocycles. The van der Waals surface area contributed by atoms with Crippen LogP contribution in [-0.4, -0.2) is 39.6 Å². The molecule has 4 rings (SSSR count). The Labute approximate surface area is 161 Å². The van der Waals surface area contributed by atoms with E-state index in [1.54, 1.807) is 30.6 Å². The number of benzene rings is 1. The highest BCUT2D eigenvalue weighted by atomic mass is 16.2. The minimum Gasteiger partial charge on any atom is -0.380 e. The zero-order valence-electron chi connectivity index (χ0n) is 14.3. The van der Waals surface area contributed by atoms with Crippen LogP contribution in [-0.2, 0) is 16.1 Å². The first-order valence-corrected chi connectivity index (χ1v) is 8.53. The molecule has 28 heavy (non-hydrogen) atoms. The third kappa shape index (κ3) is 3.24. The second-order valence-corrected chi connectivity index (χ2v) is 6.39. The fourth-order valence-corrected chi connectivity index (χ4v) is 3.36. The fraction of sp³-hybridized carbons (Fsp3) is 0.250. The first kappa shape index (κ1) is 19.2. The molecule has 1 saturated heterocycles. The topological polar surface area (TPSA) is 108 Å². The molecule has 0 spiro atoms. The Kier molecular flexibility index (Phi) is 5.21. The first-order chi connectivity index (χ1) is 13.1. The predicted octanol–water partition coefficient (Wildman–Crippen LogP) is 1.73. The summed E-state index contributed by atoms with van der Waals surface area (Å²) in [6.45, 7) is 0.435. The van der Waals surface area contributed by atoms with Crippen molar-refractivity contribution in [3.8, 4) is 0 Å². The van der Waals surface area contributed by atoms with E-state index in [4.69, 9.17) is 0 Å². The van der Waals surface area contributed by atoms with Crippen LogP contribution in [0, 0.1) is 0 Å². The molecule has 0 radical (unpaired) electrons. The summed E-state index contributed by atoms with van der Waals surface area (Å²) in [5.74, 6) is -2.06. The number of piperidine rings is 1. The number of pyridine rings is 1. The van der Waals surface area contributed by atoms with Gasteiger partial charge in [-0.25, -0.2) is 0 Å². The molecule has 0 saturated carbocycles. The molecule has 8 heteroatoms. The quantitative estimate of drug-likeness (QED) is 0.782. The van der Waals surface area contributed by atoms with Gasteiger partial charge in [0.15, 0.2) is 0 Å². The first-order valence-electron chi connectivity index (χ1n) is 8.53. The summed E-state index contributed by atoms with van der Waals surface area (Å²) in [6.07, 6.45) is 3.60. The predicted molar refractivity (Wildman–Crippen MR) is 101 cm³/mol. The zero-order valence-corrected chi connectivity index (χ0v) is 14.3. The summed E-state index contributed by atoms with van der Waals surface area (Å²) in [5.41, 5.74) is 1.94. The largest absolute Gasteiger partial charge is 0.380 e. The van der Waals surface area contributed by atoms with Crippen molar-refractivity contribution in [2.75, 3.05) is 5.32 Å². The fourth-order valence-electron chi connectivity index (χ4n) is 3.36. The van der Waals surface area contributed by atoms with Crippen molar-refractivity contribution in [3.63, 3.8) is 0 Å². The maximum Gasteiger partial charge on any atom is 0.264 e. The van der Waals surface area contributed by atoms with E-state index in [-0.39, 0.29) is 31.4 Å². The van der Waals surface area contributed by atoms with Crippen LogP contribution in [0.1, 0.15) is 46.5 Å². The standard InChI is InChI=1S/C19H16N4O4.CH4/c24-15-7-6-14(17(25)22-15)23-18(26)12-4-1-5-13(16(12)19(23)27)21-10-11-3-2-8-20-9-11;/h1-5,8-9,14,21H,6-7,10H2,(H,22,24,25);1H4. The highest BCUT2D eigenvalue weighted by Gasteiger charge is 2.45. The highest BCUT2D eigenvalue weighted by molar-refractivity contribution is 6.25. The maximum atomic E-state index is 13.0. The Morgan fingerprint density at radius 1 is 1.11 bits per heavy atom. The van der Waals surface area contributed by atoms with E-state index in [2.05, 4.69) is 15.6 Å². The minimum absolute atomic E-state index is 0. The van der Waals surface area contributed by atoms with Gasteiger partial charge in [0.25, 0.3) is 11.8 Å². The lowest BCUT2D eigenvalue weighted by atomic mass is 10.0. The van der Waals surface area contributed by atoms with E-state index < -0.39 is 29.7 Å². The lowest BCUT2D eigenvalue weighted by Gasteiger charge is -2.27. The maximum absolute atomic E-state index is 13.0. The van der Waals surface area contributed by atoms with Gasteiger partial charge in [-0.15, -0.1) is 0 Å². The summed E-state index contributed by atoms with van der Waals surface area (Å²) >= 11 is 0. The van der Waals surface area contributed by atoms with Crippen LogP contribution >= 0.6 is 0 Å². The molecular weight excluding hydrogens is 360 g/mol. The second-order valence-electron chi connectivity index (χ2n) is 6.39. The number of amides is 4. The van der Waals surface area contributed by atoms with Crippen molar-refractivity contribution < 1.29 is 19.2 Å². The van der Waals surface area contributed by atoms with Gasteiger partial charge in [0.05, 0.1) is 11.1 Å². The summed E-state index contributed by atoms with van der Waals surface area (Å²) < 4.78 is 0. The number of nitrogens with one attached hydrogen (secondary N) is 2. The Balaban J connectivity index is 0.00000225. The number of hydrogen-bond acceptors (Lipinski definition) is 6. The molecule has 2 aliphatic rings. The van der Waals surface area contributed by atoms with Crippen molar-refractivity contribution >= 4 is 29.3 Å². The molecule has 0 bridgehead atoms. The Hall–Kier alpha value is -3.55. The second kappa shape index (κ2) is 7.59. The molecule has 1 unspecified atom stereocenters. The molecule has 1 fully saturated rings. The molecule has 2 N–H and O–H groups in total. The normalized spacial score (nSPS) is 18.4. The number of rotatable bonds is 4. The van der Waals surface area contributed by atoms with Gasteiger partial charge in [0, 0.05) is 31.0 Å². The monoisotopic (exact) mass is 380 g/mol. The average Bonchev–Trinajstić information content (AvgIpc) is 2.93. The number of hydrogen-bond donors (Lipinski definition) is 2. The van der Waals surface area contributed by atoms with Crippen molar-refractivity contribution in [2.24, 2.45) is 0 Å². The van der Waals surface area contributed by atoms with E-state index in [9.17, 15) is 19.2 Å². The van der Waals surface area contributed by atoms with Gasteiger partial charge in [-0.2, -0.15) is 0 Å². The van der Waals surface area contributed by atoms with Crippen LogP contribution in [0.25, 0.3) is 0 Å². The number of anilines is 1. The SMILES string of the molecule is C.O=C1CCC(N2C(=O)c3cccc(NCc4cccnc4)c3C2=O)C(=O)N1. The van der Waals surface area contributed by atoms with Gasteiger partial charge in [0.1, 0.15) is 6.04 Å². The Morgan fingerprint density at radius 2 is 1.93 bits per heavy atom. The van der Waals surface area contributed by atoms with Crippen molar-refractivity contribution in [2.45, 2.75) is 32.9 Å². The van der Waals surface area contributed by atoms with Gasteiger partial charge in [0.2, 0.25) is 11.8 Å². The smallest absolute Gasteiger partial charge is 0.264 e. The molecular formula is C20H20N4O4. The van der Waals surface area contributed by atoms with E-state index in [0.29, 0.717) is 12.2 Å². The number of imide groups is 2. The number of carbonyl (C=O) groups excluding carboxylic acids is 4. The van der Waals surface area contributed by atoms with Crippen LogP contribution < -0.4 is 10.6 Å². The average molecular weight is 380 g/mol. The number of fused-ring (bicyclic) bond motifs is 1. The zero-order chi connectivity index (χ0) is 19.0. The third-order valence-corrected chi connectivity index (χ3v) is 4.67. The number of nitrogens with zero attached hydrogens (tertiary/aromatic N) is 2. The molecule has 3 heterocycles. The summed E-state index contributed by atoms with van der Waals surface area (Å²) in [5, 5.41) is 5.35. The summed E-state index contributed by atoms with van der Waals surface area (Å²) in [4.78, 5) is 54.2. The van der Waals surface area contributed by atoms with Gasteiger partial charge < -0.3 is 5.32 Å². The summed E-state index contributed by atoms with van der Waals surface area (Å²) in [6, 6.07) is 7.70. The van der Waals surface area contributed by atoms with Crippen molar-refractivity contribution in [1.29, 1.82) is 0 Å². The molecule has 2 aromatic rings. The summed E-state index contributed by atoms with van der Waals surface area (Å²) in [7, 11) is 0. The van der Waals surface area contributed by atoms with E-state index in [1.165, 1.54) is 0 Å². The van der Waals surface area contributed by atoms with Gasteiger partial charge in [-0.3, -0.25) is 34.4 Å². The highest BCUT2D eigenvalue weighted by Crippen LogP contribution is 2.32. The van der Waals surface area contributed by atoms with E-state index >= 15 is 0 Å². The van der Waals surface area contributed by atoms with Crippen LogP contribution in [0.4, 0.5) is 5.69 Å². The van der Waals surface area contributed by atoms with Crippen LogP contribution in [0.2, 0.25) is 0 Å². The number of aromatic nitrogens is 1. The van der Waals surface area contributed by atoms with Crippen LogP contribution in [0.5, 0.6) is 0 Å². The van der Waals surface area contributed by atoms with Gasteiger partial charge in [-0.05, 0) is 30.2 Å². The molecule has 4 amide bonds. The van der Waals surface area contributed by atoms with Crippen molar-refractivity contribution in [1.82, 2.24) is 15.2 Å². The van der Waals surface area contributed by atoms with Crippen LogP contribution in [0.15, 0.2) is 42.7 Å². The lowest BCUT2D eigenvalue weighted by molar-refractivity contribution is -0.136. The van der Waals surface area contributed by atoms with Gasteiger partial charge in [-0.1, -0.05) is 19.6 Å². The molecule has 1 atom stereocenters. The molecule has 1 aromatic carbocycles. The van der Waals surface area contributed by atoms with E-state index in [1.807, 2.05) is 12.1 Å². The lowest BCUT2D eigenvalue weighted by Crippen LogP contribution is -2.54. The molecule has 1 aromatic heterocycles. The molecule has 8 nitrogen and oxygen atoms in total. The Bertz CT molecular complexity index is 958. The number of carbonyl (C=O) groups is 4. The third-order valence-electron chi connectivity index (χ3n) is 4.67. The molecule has 2 aliphatic heterocycles.